The van der Waals surface area contributed by atoms with E-state index in [0.717, 1.165) is 31.5 Å². The van der Waals surface area contributed by atoms with Gasteiger partial charge >= 0.3 is 0 Å². The Kier molecular flexibility index (Phi) is 4.53. The van der Waals surface area contributed by atoms with Crippen LogP contribution >= 0.6 is 0 Å². The molecule has 1 aromatic heterocycles. The molecule has 5 heteroatoms. The van der Waals surface area contributed by atoms with Gasteiger partial charge in [-0.2, -0.15) is 5.10 Å². The first-order chi connectivity index (χ1) is 10.7. The van der Waals surface area contributed by atoms with E-state index < -0.39 is 0 Å². The third-order valence-electron chi connectivity index (χ3n) is 4.43. The van der Waals surface area contributed by atoms with Crippen LogP contribution in [-0.2, 0) is 4.79 Å². The molecule has 2 aromatic rings. The van der Waals surface area contributed by atoms with Crippen LogP contribution in [0.15, 0.2) is 42.6 Å². The number of benzene rings is 1. The van der Waals surface area contributed by atoms with Crippen molar-refractivity contribution < 1.29 is 4.79 Å². The van der Waals surface area contributed by atoms with Crippen LogP contribution in [0.25, 0.3) is 0 Å². The molecule has 0 bridgehead atoms. The van der Waals surface area contributed by atoms with Gasteiger partial charge in [-0.25, -0.2) is 0 Å². The second-order valence-corrected chi connectivity index (χ2v) is 5.89. The lowest BCUT2D eigenvalue weighted by molar-refractivity contribution is -0.132. The Morgan fingerprint density at radius 3 is 2.64 bits per heavy atom. The van der Waals surface area contributed by atoms with Gasteiger partial charge in [0.15, 0.2) is 0 Å². The standard InChI is InChI=1S/C17H22N4O/c18-15(13-4-2-1-3-5-13)12-17(22)21-10-7-14(8-11-21)16-6-9-19-20-16/h1-6,9,14-15H,7-8,10-12,18H2,(H,19,20). The van der Waals surface area contributed by atoms with Gasteiger partial charge in [-0.1, -0.05) is 30.3 Å². The largest absolute Gasteiger partial charge is 0.343 e. The summed E-state index contributed by atoms with van der Waals surface area (Å²) in [6.45, 7) is 1.59. The lowest BCUT2D eigenvalue weighted by Crippen LogP contribution is -2.39. The smallest absolute Gasteiger partial charge is 0.224 e. The number of H-pyrrole nitrogens is 1. The molecule has 1 aliphatic rings. The Morgan fingerprint density at radius 2 is 2.00 bits per heavy atom. The molecule has 0 spiro atoms. The van der Waals surface area contributed by atoms with E-state index in [1.54, 1.807) is 6.20 Å². The van der Waals surface area contributed by atoms with E-state index in [-0.39, 0.29) is 11.9 Å². The molecule has 0 saturated carbocycles. The molecule has 22 heavy (non-hydrogen) atoms. The van der Waals surface area contributed by atoms with Gasteiger partial charge in [0, 0.05) is 43.4 Å². The molecule has 3 rings (SSSR count). The van der Waals surface area contributed by atoms with E-state index >= 15 is 0 Å². The number of aromatic nitrogens is 2. The van der Waals surface area contributed by atoms with Crippen LogP contribution in [0.3, 0.4) is 0 Å². The summed E-state index contributed by atoms with van der Waals surface area (Å²) in [6.07, 6.45) is 4.12. The lowest BCUT2D eigenvalue weighted by atomic mass is 9.93. The first kappa shape index (κ1) is 14.8. The fourth-order valence-electron chi connectivity index (χ4n) is 3.07. The fourth-order valence-corrected chi connectivity index (χ4v) is 3.07. The molecule has 1 amide bonds. The summed E-state index contributed by atoms with van der Waals surface area (Å²) in [4.78, 5) is 14.3. The van der Waals surface area contributed by atoms with Gasteiger partial charge in [-0.05, 0) is 24.5 Å². The molecule has 0 aliphatic carbocycles. The molecule has 1 fully saturated rings. The summed E-state index contributed by atoms with van der Waals surface area (Å²) in [5.74, 6) is 0.633. The Morgan fingerprint density at radius 1 is 1.27 bits per heavy atom. The van der Waals surface area contributed by atoms with Crippen molar-refractivity contribution in [1.29, 1.82) is 0 Å². The van der Waals surface area contributed by atoms with Gasteiger partial charge in [0.05, 0.1) is 0 Å². The van der Waals surface area contributed by atoms with E-state index in [9.17, 15) is 4.79 Å². The minimum atomic E-state index is -0.223. The zero-order chi connectivity index (χ0) is 15.4. The fraction of sp³-hybridized carbons (Fsp3) is 0.412. The molecule has 116 valence electrons. The maximum absolute atomic E-state index is 12.4. The minimum Gasteiger partial charge on any atom is -0.343 e. The predicted molar refractivity (Wildman–Crippen MR) is 85.1 cm³/mol. The van der Waals surface area contributed by atoms with Gasteiger partial charge in [-0.15, -0.1) is 0 Å². The average Bonchev–Trinajstić information content (AvgIpc) is 3.10. The van der Waals surface area contributed by atoms with Crippen molar-refractivity contribution in [3.8, 4) is 0 Å². The number of carbonyl (C=O) groups excluding carboxylic acids is 1. The number of nitrogens with two attached hydrogens (primary N) is 1. The van der Waals surface area contributed by atoms with Crippen LogP contribution in [-0.4, -0.2) is 34.1 Å². The average molecular weight is 298 g/mol. The first-order valence-corrected chi connectivity index (χ1v) is 7.81. The van der Waals surface area contributed by atoms with Crippen LogP contribution < -0.4 is 5.73 Å². The van der Waals surface area contributed by atoms with Crippen molar-refractivity contribution in [3.05, 3.63) is 53.9 Å². The molecule has 0 radical (unpaired) electrons. The number of piperidine rings is 1. The second kappa shape index (κ2) is 6.75. The van der Waals surface area contributed by atoms with Gasteiger partial charge < -0.3 is 10.6 Å². The molecular weight excluding hydrogens is 276 g/mol. The Balaban J connectivity index is 1.52. The van der Waals surface area contributed by atoms with Crippen molar-refractivity contribution in [2.75, 3.05) is 13.1 Å². The number of hydrogen-bond donors (Lipinski definition) is 2. The number of rotatable bonds is 4. The maximum atomic E-state index is 12.4. The highest BCUT2D eigenvalue weighted by molar-refractivity contribution is 5.77. The molecule has 2 heterocycles. The van der Waals surface area contributed by atoms with E-state index in [0.29, 0.717) is 12.3 Å². The molecule has 1 aromatic carbocycles. The first-order valence-electron chi connectivity index (χ1n) is 7.81. The zero-order valence-electron chi connectivity index (χ0n) is 12.6. The summed E-state index contributed by atoms with van der Waals surface area (Å²) in [5.41, 5.74) is 8.34. The quantitative estimate of drug-likeness (QED) is 0.908. The topological polar surface area (TPSA) is 75.0 Å². The van der Waals surface area contributed by atoms with Crippen molar-refractivity contribution in [2.24, 2.45) is 5.73 Å². The maximum Gasteiger partial charge on any atom is 0.224 e. The van der Waals surface area contributed by atoms with E-state index in [1.807, 2.05) is 41.3 Å². The molecular formula is C17H22N4O. The highest BCUT2D eigenvalue weighted by Gasteiger charge is 2.25. The second-order valence-electron chi connectivity index (χ2n) is 5.89. The monoisotopic (exact) mass is 298 g/mol. The molecule has 5 nitrogen and oxygen atoms in total. The number of amides is 1. The predicted octanol–water partition coefficient (Wildman–Crippen LogP) is 2.21. The molecule has 3 N–H and O–H groups in total. The van der Waals surface area contributed by atoms with Crippen molar-refractivity contribution in [3.63, 3.8) is 0 Å². The molecule has 1 atom stereocenters. The highest BCUT2D eigenvalue weighted by atomic mass is 16.2. The van der Waals surface area contributed by atoms with Crippen LogP contribution in [0.1, 0.15) is 42.5 Å². The van der Waals surface area contributed by atoms with Crippen LogP contribution in [0.2, 0.25) is 0 Å². The zero-order valence-corrected chi connectivity index (χ0v) is 12.6. The number of aromatic amines is 1. The van der Waals surface area contributed by atoms with Crippen LogP contribution in [0.4, 0.5) is 0 Å². The van der Waals surface area contributed by atoms with E-state index in [4.69, 9.17) is 5.73 Å². The van der Waals surface area contributed by atoms with Gasteiger partial charge in [-0.3, -0.25) is 9.89 Å². The number of likely N-dealkylation sites (tertiary alicyclic amines) is 1. The summed E-state index contributed by atoms with van der Waals surface area (Å²) >= 11 is 0. The number of carbonyl (C=O) groups is 1. The Bertz CT molecular complexity index is 588. The van der Waals surface area contributed by atoms with Crippen molar-refractivity contribution >= 4 is 5.91 Å². The Labute approximate surface area is 130 Å². The molecule has 1 saturated heterocycles. The van der Waals surface area contributed by atoms with Gasteiger partial charge in [0.1, 0.15) is 0 Å². The SMILES string of the molecule is NC(CC(=O)N1CCC(c2ccn[nH]2)CC1)c1ccccc1. The van der Waals surface area contributed by atoms with E-state index in [1.165, 1.54) is 5.69 Å². The van der Waals surface area contributed by atoms with Gasteiger partial charge in [0.2, 0.25) is 5.91 Å². The van der Waals surface area contributed by atoms with Crippen molar-refractivity contribution in [1.82, 2.24) is 15.1 Å². The number of nitrogens with zero attached hydrogens (tertiary/aromatic N) is 2. The summed E-state index contributed by atoms with van der Waals surface area (Å²) in [7, 11) is 0. The van der Waals surface area contributed by atoms with Crippen LogP contribution in [0.5, 0.6) is 0 Å². The number of nitrogens with one attached hydrogen (secondary N) is 1. The Hall–Kier alpha value is -2.14. The van der Waals surface area contributed by atoms with Crippen molar-refractivity contribution in [2.45, 2.75) is 31.2 Å². The molecule has 1 unspecified atom stereocenters. The summed E-state index contributed by atoms with van der Waals surface area (Å²) < 4.78 is 0. The van der Waals surface area contributed by atoms with Crippen LogP contribution in [0, 0.1) is 0 Å². The third kappa shape index (κ3) is 3.36. The normalized spacial score (nSPS) is 17.4. The summed E-state index contributed by atoms with van der Waals surface area (Å²) in [5, 5.41) is 7.03. The van der Waals surface area contributed by atoms with Gasteiger partial charge in [0.25, 0.3) is 0 Å². The number of hydrogen-bond acceptors (Lipinski definition) is 3. The molecule has 1 aliphatic heterocycles. The third-order valence-corrected chi connectivity index (χ3v) is 4.43. The highest BCUT2D eigenvalue weighted by Crippen LogP contribution is 2.27. The summed E-state index contributed by atoms with van der Waals surface area (Å²) in [6, 6.07) is 11.6. The minimum absolute atomic E-state index is 0.152. The lowest BCUT2D eigenvalue weighted by Gasteiger charge is -2.32. The van der Waals surface area contributed by atoms with E-state index in [2.05, 4.69) is 10.2 Å².